The van der Waals surface area contributed by atoms with E-state index in [9.17, 15) is 5.11 Å². The Hall–Kier alpha value is -1.16. The summed E-state index contributed by atoms with van der Waals surface area (Å²) in [6.45, 7) is 9.16. The molecule has 1 aliphatic rings. The molecule has 1 saturated heterocycles. The zero-order valence-corrected chi connectivity index (χ0v) is 21.2. The zero-order valence-electron chi connectivity index (χ0n) is 18.1. The lowest BCUT2D eigenvalue weighted by Crippen LogP contribution is -2.44. The molecule has 0 bridgehead atoms. The molecule has 1 aromatic carbocycles. The minimum absolute atomic E-state index is 0. The van der Waals surface area contributed by atoms with E-state index in [-0.39, 0.29) is 24.0 Å². The second-order valence-corrected chi connectivity index (χ2v) is 8.77. The van der Waals surface area contributed by atoms with Crippen LogP contribution in [0.4, 0.5) is 0 Å². The number of hydrogen-bond acceptors (Lipinski definition) is 4. The summed E-state index contributed by atoms with van der Waals surface area (Å²) < 4.78 is 0. The summed E-state index contributed by atoms with van der Waals surface area (Å²) in [5.74, 6) is 0.723. The lowest BCUT2D eigenvalue weighted by Gasteiger charge is -2.26. The molecule has 30 heavy (non-hydrogen) atoms. The average Bonchev–Trinajstić information content (AvgIpc) is 3.28. The monoisotopic (exact) mass is 542 g/mol. The number of nitrogens with zero attached hydrogens (tertiary/aromatic N) is 2. The van der Waals surface area contributed by atoms with E-state index < -0.39 is 5.60 Å². The van der Waals surface area contributed by atoms with Crippen LogP contribution in [0.15, 0.2) is 46.1 Å². The number of likely N-dealkylation sites (tertiary alicyclic amines) is 1. The molecule has 1 atom stereocenters. The highest BCUT2D eigenvalue weighted by atomic mass is 127. The lowest BCUT2D eigenvalue weighted by molar-refractivity contribution is 0.0621. The number of aliphatic imine (C=N–C) groups is 1. The van der Waals surface area contributed by atoms with Crippen molar-refractivity contribution in [2.45, 2.75) is 51.8 Å². The number of aliphatic hydroxyl groups is 1. The highest BCUT2D eigenvalue weighted by molar-refractivity contribution is 14.0. The SMILES string of the molecule is CCNC(=NCc1ccc(CN2CCCCC2)cc1)NCC(C)(O)c1ccsc1.I. The van der Waals surface area contributed by atoms with Gasteiger partial charge in [-0.1, -0.05) is 30.7 Å². The van der Waals surface area contributed by atoms with Crippen LogP contribution in [0.5, 0.6) is 0 Å². The number of nitrogens with one attached hydrogen (secondary N) is 2. The fraction of sp³-hybridized carbons (Fsp3) is 0.522. The molecule has 0 saturated carbocycles. The summed E-state index contributed by atoms with van der Waals surface area (Å²) in [5, 5.41) is 21.2. The topological polar surface area (TPSA) is 59.9 Å². The van der Waals surface area contributed by atoms with E-state index in [1.54, 1.807) is 11.3 Å². The first kappa shape index (κ1) is 25.1. The second kappa shape index (κ2) is 12.6. The van der Waals surface area contributed by atoms with Gasteiger partial charge in [0.05, 0.1) is 13.1 Å². The first-order chi connectivity index (χ1) is 14.1. The Morgan fingerprint density at radius 1 is 1.10 bits per heavy atom. The molecule has 1 aliphatic heterocycles. The van der Waals surface area contributed by atoms with Crippen LogP contribution in [0.1, 0.15) is 49.8 Å². The third-order valence-corrected chi connectivity index (χ3v) is 6.07. The maximum Gasteiger partial charge on any atom is 0.191 e. The van der Waals surface area contributed by atoms with Crippen molar-refractivity contribution in [3.63, 3.8) is 0 Å². The van der Waals surface area contributed by atoms with Crippen LogP contribution in [0.2, 0.25) is 0 Å². The Morgan fingerprint density at radius 2 is 1.80 bits per heavy atom. The van der Waals surface area contributed by atoms with Crippen LogP contribution in [-0.4, -0.2) is 42.1 Å². The molecular formula is C23H35IN4OS. The van der Waals surface area contributed by atoms with Gasteiger partial charge in [-0.15, -0.1) is 24.0 Å². The van der Waals surface area contributed by atoms with Gasteiger partial charge in [-0.2, -0.15) is 11.3 Å². The largest absolute Gasteiger partial charge is 0.384 e. The molecule has 2 heterocycles. The molecule has 1 unspecified atom stereocenters. The van der Waals surface area contributed by atoms with Gasteiger partial charge in [0, 0.05) is 13.1 Å². The Bertz CT molecular complexity index is 756. The second-order valence-electron chi connectivity index (χ2n) is 7.99. The minimum atomic E-state index is -0.924. The van der Waals surface area contributed by atoms with Crippen molar-refractivity contribution in [1.29, 1.82) is 0 Å². The number of hydrogen-bond donors (Lipinski definition) is 3. The molecule has 2 aromatic rings. The van der Waals surface area contributed by atoms with Crippen molar-refractivity contribution >= 4 is 41.3 Å². The molecule has 0 spiro atoms. The van der Waals surface area contributed by atoms with Gasteiger partial charge in [-0.3, -0.25) is 4.90 Å². The summed E-state index contributed by atoms with van der Waals surface area (Å²) >= 11 is 1.59. The van der Waals surface area contributed by atoms with Crippen molar-refractivity contribution in [3.05, 3.63) is 57.8 Å². The quantitative estimate of drug-likeness (QED) is 0.264. The van der Waals surface area contributed by atoms with Crippen molar-refractivity contribution < 1.29 is 5.11 Å². The minimum Gasteiger partial charge on any atom is -0.384 e. The molecule has 3 rings (SSSR count). The number of thiophene rings is 1. The molecule has 1 aromatic heterocycles. The first-order valence-electron chi connectivity index (χ1n) is 10.6. The van der Waals surface area contributed by atoms with Gasteiger partial charge in [0.25, 0.3) is 0 Å². The molecule has 5 nitrogen and oxygen atoms in total. The predicted molar refractivity (Wildman–Crippen MR) is 138 cm³/mol. The number of piperidine rings is 1. The molecule has 166 valence electrons. The van der Waals surface area contributed by atoms with Crippen LogP contribution in [0.25, 0.3) is 0 Å². The van der Waals surface area contributed by atoms with E-state index in [0.29, 0.717) is 13.1 Å². The molecule has 0 radical (unpaired) electrons. The molecule has 3 N–H and O–H groups in total. The Balaban J connectivity index is 0.00000320. The highest BCUT2D eigenvalue weighted by Gasteiger charge is 2.23. The summed E-state index contributed by atoms with van der Waals surface area (Å²) in [5.41, 5.74) is 2.56. The van der Waals surface area contributed by atoms with Crippen LogP contribution in [-0.2, 0) is 18.7 Å². The van der Waals surface area contributed by atoms with E-state index in [1.165, 1.54) is 43.5 Å². The van der Waals surface area contributed by atoms with E-state index in [2.05, 4.69) is 44.8 Å². The first-order valence-corrected chi connectivity index (χ1v) is 11.6. The van der Waals surface area contributed by atoms with E-state index >= 15 is 0 Å². The Kier molecular flexibility index (Phi) is 10.6. The van der Waals surface area contributed by atoms with E-state index in [4.69, 9.17) is 0 Å². The van der Waals surface area contributed by atoms with Crippen molar-refractivity contribution in [1.82, 2.24) is 15.5 Å². The fourth-order valence-corrected chi connectivity index (χ4v) is 4.35. The molecule has 1 fully saturated rings. The van der Waals surface area contributed by atoms with Gasteiger partial charge in [0.15, 0.2) is 5.96 Å². The van der Waals surface area contributed by atoms with Crippen LogP contribution < -0.4 is 10.6 Å². The van der Waals surface area contributed by atoms with Crippen LogP contribution in [0.3, 0.4) is 0 Å². The maximum atomic E-state index is 10.7. The molecule has 0 amide bonds. The fourth-order valence-electron chi connectivity index (χ4n) is 3.57. The van der Waals surface area contributed by atoms with E-state index in [1.807, 2.05) is 30.7 Å². The average molecular weight is 543 g/mol. The molecule has 7 heteroatoms. The van der Waals surface area contributed by atoms with Gasteiger partial charge in [0.2, 0.25) is 0 Å². The van der Waals surface area contributed by atoms with Gasteiger partial charge in [-0.05, 0) is 73.3 Å². The molecule has 0 aliphatic carbocycles. The number of benzene rings is 1. The predicted octanol–water partition coefficient (Wildman–Crippen LogP) is 4.31. The maximum absolute atomic E-state index is 10.7. The lowest BCUT2D eigenvalue weighted by atomic mass is 9.99. The highest BCUT2D eigenvalue weighted by Crippen LogP contribution is 2.22. The normalized spacial score (nSPS) is 17.1. The van der Waals surface area contributed by atoms with Gasteiger partial charge >= 0.3 is 0 Å². The summed E-state index contributed by atoms with van der Waals surface area (Å²) in [4.78, 5) is 7.23. The smallest absolute Gasteiger partial charge is 0.191 e. The van der Waals surface area contributed by atoms with Crippen molar-refractivity contribution in [2.24, 2.45) is 4.99 Å². The van der Waals surface area contributed by atoms with E-state index in [0.717, 1.165) is 24.6 Å². The number of halogens is 1. The Morgan fingerprint density at radius 3 is 2.43 bits per heavy atom. The third kappa shape index (κ3) is 7.83. The van der Waals surface area contributed by atoms with Gasteiger partial charge in [-0.25, -0.2) is 4.99 Å². The zero-order chi connectivity index (χ0) is 20.5. The van der Waals surface area contributed by atoms with Crippen molar-refractivity contribution in [3.8, 4) is 0 Å². The third-order valence-electron chi connectivity index (χ3n) is 5.38. The number of rotatable bonds is 8. The molecular weight excluding hydrogens is 507 g/mol. The van der Waals surface area contributed by atoms with Gasteiger partial charge < -0.3 is 15.7 Å². The van der Waals surface area contributed by atoms with Crippen LogP contribution >= 0.6 is 35.3 Å². The number of guanidine groups is 1. The van der Waals surface area contributed by atoms with Gasteiger partial charge in [0.1, 0.15) is 5.60 Å². The summed E-state index contributed by atoms with van der Waals surface area (Å²) in [6, 6.07) is 10.8. The summed E-state index contributed by atoms with van der Waals surface area (Å²) in [6.07, 6.45) is 4.02. The standard InChI is InChI=1S/C23H34N4OS.HI/c1-3-24-22(26-18-23(2,28)21-11-14-29-17-21)25-15-19-7-9-20(10-8-19)16-27-12-5-4-6-13-27;/h7-11,14,17,28H,3-6,12-13,15-16,18H2,1-2H3,(H2,24,25,26);1H. The Labute approximate surface area is 202 Å². The van der Waals surface area contributed by atoms with Crippen molar-refractivity contribution in [2.75, 3.05) is 26.2 Å². The van der Waals surface area contributed by atoms with Crippen LogP contribution in [0, 0.1) is 0 Å². The summed E-state index contributed by atoms with van der Waals surface area (Å²) in [7, 11) is 0.